The van der Waals surface area contributed by atoms with Crippen LogP contribution in [0.3, 0.4) is 0 Å². The largest absolute Gasteiger partial charge is 0.431 e. The zero-order valence-electron chi connectivity index (χ0n) is 22.6. The number of hydrogen-bond acceptors (Lipinski definition) is 7. The second kappa shape index (κ2) is 12.7. The maximum atomic E-state index is 13.2. The lowest BCUT2D eigenvalue weighted by molar-refractivity contribution is -0.283. The molecule has 0 unspecified atom stereocenters. The molecular weight excluding hydrogens is 644 g/mol. The SMILES string of the molecule is CCc1nc(C(=O)NC[C@]2(O)CC[C@H](S(C)(=O)=O)CC2)c(Cl)n1-c1ncc(CC(C(F)(F)F)C(F)(F)F)cc1OC(F)F. The van der Waals surface area contributed by atoms with E-state index in [0.717, 1.165) is 10.8 Å². The molecule has 0 spiro atoms. The first-order chi connectivity index (χ1) is 19.7. The van der Waals surface area contributed by atoms with Crippen molar-refractivity contribution in [3.8, 4) is 11.6 Å². The van der Waals surface area contributed by atoms with E-state index in [1.54, 1.807) is 0 Å². The van der Waals surface area contributed by atoms with Crippen LogP contribution in [-0.2, 0) is 22.7 Å². The fourth-order valence-electron chi connectivity index (χ4n) is 4.70. The van der Waals surface area contributed by atoms with Crippen molar-refractivity contribution in [1.82, 2.24) is 19.9 Å². The topological polar surface area (TPSA) is 123 Å². The number of rotatable bonds is 10. The van der Waals surface area contributed by atoms with Gasteiger partial charge in [-0.05, 0) is 43.7 Å². The average Bonchev–Trinajstić information content (AvgIpc) is 3.20. The molecular formula is C24H27ClF8N4O5S. The summed E-state index contributed by atoms with van der Waals surface area (Å²) in [6, 6.07) is 0.539. The highest BCUT2D eigenvalue weighted by molar-refractivity contribution is 7.91. The van der Waals surface area contributed by atoms with Crippen LogP contribution in [0.5, 0.6) is 5.75 Å². The maximum Gasteiger partial charge on any atom is 0.400 e. The van der Waals surface area contributed by atoms with Gasteiger partial charge < -0.3 is 15.2 Å². The smallest absolute Gasteiger partial charge is 0.400 e. The molecule has 9 nitrogen and oxygen atoms in total. The van der Waals surface area contributed by atoms with Crippen molar-refractivity contribution in [2.45, 2.75) is 75.3 Å². The van der Waals surface area contributed by atoms with Gasteiger partial charge in [-0.25, -0.2) is 18.4 Å². The second-order valence-corrected chi connectivity index (χ2v) is 12.9. The maximum absolute atomic E-state index is 13.2. The van der Waals surface area contributed by atoms with Gasteiger partial charge in [-0.15, -0.1) is 0 Å². The second-order valence-electron chi connectivity index (χ2n) is 10.2. The van der Waals surface area contributed by atoms with E-state index in [2.05, 4.69) is 20.0 Å². The molecule has 0 atom stereocenters. The highest BCUT2D eigenvalue weighted by Crippen LogP contribution is 2.42. The molecule has 2 aromatic heterocycles. The molecule has 1 saturated carbocycles. The Morgan fingerprint density at radius 2 is 1.79 bits per heavy atom. The standard InChI is InChI=1S/C24H27ClF8N4O5S/c1-3-16-36-17(20(38)35-11-22(39)6-4-13(5-7-22)43(2,40)41)18(25)37(16)19-14(42-21(26)27)8-12(10-34-19)9-15(23(28,29)30)24(31,32)33/h8,10,13,15,21,39H,3-7,9,11H2,1-2H3,(H,35,38)/t13-,22-. The van der Waals surface area contributed by atoms with Gasteiger partial charge in [0.05, 0.1) is 10.9 Å². The number of nitrogens with zero attached hydrogens (tertiary/aromatic N) is 3. The number of halogens is 9. The van der Waals surface area contributed by atoms with Crippen LogP contribution in [-0.4, -0.2) is 76.6 Å². The van der Waals surface area contributed by atoms with E-state index in [9.17, 15) is 53.4 Å². The van der Waals surface area contributed by atoms with Crippen LogP contribution in [0.4, 0.5) is 35.1 Å². The van der Waals surface area contributed by atoms with E-state index >= 15 is 0 Å². The summed E-state index contributed by atoms with van der Waals surface area (Å²) in [5, 5.41) is 12.1. The molecule has 3 rings (SSSR count). The van der Waals surface area contributed by atoms with Gasteiger partial charge in [0.1, 0.15) is 20.8 Å². The molecule has 43 heavy (non-hydrogen) atoms. The van der Waals surface area contributed by atoms with E-state index in [1.807, 2.05) is 0 Å². The van der Waals surface area contributed by atoms with Gasteiger partial charge in [0.15, 0.2) is 23.2 Å². The van der Waals surface area contributed by atoms with Crippen LogP contribution in [0.1, 0.15) is 54.5 Å². The predicted molar refractivity (Wildman–Crippen MR) is 136 cm³/mol. The Morgan fingerprint density at radius 1 is 1.21 bits per heavy atom. The molecule has 1 aliphatic carbocycles. The predicted octanol–water partition coefficient (Wildman–Crippen LogP) is 4.82. The first-order valence-electron chi connectivity index (χ1n) is 12.7. The molecule has 242 valence electrons. The summed E-state index contributed by atoms with van der Waals surface area (Å²) in [5.74, 6) is -6.27. The first-order valence-corrected chi connectivity index (χ1v) is 15.0. The Balaban J connectivity index is 1.91. The van der Waals surface area contributed by atoms with Crippen molar-refractivity contribution >= 4 is 27.3 Å². The van der Waals surface area contributed by atoms with Crippen LogP contribution in [0.25, 0.3) is 5.82 Å². The van der Waals surface area contributed by atoms with Crippen LogP contribution in [0.2, 0.25) is 5.15 Å². The Hall–Kier alpha value is -2.73. The molecule has 1 aliphatic rings. The first kappa shape index (κ1) is 34.8. The lowest BCUT2D eigenvalue weighted by Crippen LogP contribution is -2.47. The number of ether oxygens (including phenoxy) is 1. The Kier molecular flexibility index (Phi) is 10.3. The van der Waals surface area contributed by atoms with Crippen LogP contribution >= 0.6 is 11.6 Å². The van der Waals surface area contributed by atoms with Gasteiger partial charge in [-0.2, -0.15) is 35.1 Å². The van der Waals surface area contributed by atoms with Crippen molar-refractivity contribution in [2.24, 2.45) is 5.92 Å². The number of carbonyl (C=O) groups is 1. The molecule has 2 N–H and O–H groups in total. The Bertz CT molecular complexity index is 1410. The third kappa shape index (κ3) is 8.47. The molecule has 0 radical (unpaired) electrons. The third-order valence-corrected chi connectivity index (χ3v) is 9.05. The molecule has 2 heterocycles. The highest BCUT2D eigenvalue weighted by atomic mass is 35.5. The summed E-state index contributed by atoms with van der Waals surface area (Å²) in [5.41, 5.74) is -2.60. The van der Waals surface area contributed by atoms with E-state index in [1.165, 1.54) is 6.92 Å². The summed E-state index contributed by atoms with van der Waals surface area (Å²) in [4.78, 5) is 20.8. The zero-order chi connectivity index (χ0) is 32.5. The number of nitrogens with one attached hydrogen (secondary N) is 1. The number of alkyl halides is 8. The van der Waals surface area contributed by atoms with Gasteiger partial charge in [-0.3, -0.25) is 9.36 Å². The van der Waals surface area contributed by atoms with Crippen LogP contribution in [0, 0.1) is 5.92 Å². The molecule has 1 amide bonds. The van der Waals surface area contributed by atoms with E-state index in [4.69, 9.17) is 11.6 Å². The quantitative estimate of drug-likeness (QED) is 0.348. The van der Waals surface area contributed by atoms with Crippen molar-refractivity contribution in [2.75, 3.05) is 12.8 Å². The minimum absolute atomic E-state index is 0.00554. The normalized spacial score (nSPS) is 20.1. The summed E-state index contributed by atoms with van der Waals surface area (Å²) in [6.45, 7) is -2.34. The molecule has 0 saturated heterocycles. The number of imidazole rings is 1. The fraction of sp³-hybridized carbons (Fsp3) is 0.625. The van der Waals surface area contributed by atoms with Crippen LogP contribution in [0.15, 0.2) is 12.3 Å². The third-order valence-electron chi connectivity index (χ3n) is 7.02. The summed E-state index contributed by atoms with van der Waals surface area (Å²) in [6.07, 6.45) is -10.9. The Morgan fingerprint density at radius 3 is 2.28 bits per heavy atom. The number of pyridine rings is 1. The van der Waals surface area contributed by atoms with Crippen LogP contribution < -0.4 is 10.1 Å². The summed E-state index contributed by atoms with van der Waals surface area (Å²) < 4.78 is 134. The number of sulfone groups is 1. The number of carbonyl (C=O) groups excluding carboxylic acids is 1. The van der Waals surface area contributed by atoms with E-state index in [-0.39, 0.29) is 44.5 Å². The number of aryl methyl sites for hydroxylation is 1. The lowest BCUT2D eigenvalue weighted by atomic mass is 9.84. The van der Waals surface area contributed by atoms with Gasteiger partial charge in [0.2, 0.25) is 0 Å². The van der Waals surface area contributed by atoms with Crippen molar-refractivity contribution in [3.63, 3.8) is 0 Å². The Labute approximate surface area is 245 Å². The summed E-state index contributed by atoms with van der Waals surface area (Å²) >= 11 is 6.35. The lowest BCUT2D eigenvalue weighted by Gasteiger charge is -2.35. The minimum Gasteiger partial charge on any atom is -0.431 e. The molecule has 0 bridgehead atoms. The average molecular weight is 671 g/mol. The number of aliphatic hydroxyl groups is 1. The number of aromatic nitrogens is 3. The molecule has 2 aromatic rings. The number of hydrogen-bond donors (Lipinski definition) is 2. The monoisotopic (exact) mass is 670 g/mol. The minimum atomic E-state index is -5.69. The molecule has 0 aliphatic heterocycles. The van der Waals surface area contributed by atoms with Crippen molar-refractivity contribution < 1.29 is 58.2 Å². The van der Waals surface area contributed by atoms with Gasteiger partial charge >= 0.3 is 19.0 Å². The summed E-state index contributed by atoms with van der Waals surface area (Å²) in [7, 11) is -3.31. The van der Waals surface area contributed by atoms with E-state index in [0.29, 0.717) is 12.3 Å². The molecule has 1 fully saturated rings. The van der Waals surface area contributed by atoms with Gasteiger partial charge in [0.25, 0.3) is 5.91 Å². The molecule has 0 aromatic carbocycles. The van der Waals surface area contributed by atoms with E-state index < -0.39 is 85.9 Å². The highest BCUT2D eigenvalue weighted by Gasteiger charge is 2.56. The van der Waals surface area contributed by atoms with Crippen molar-refractivity contribution in [1.29, 1.82) is 0 Å². The van der Waals surface area contributed by atoms with Gasteiger partial charge in [0, 0.05) is 25.4 Å². The van der Waals surface area contributed by atoms with Gasteiger partial charge in [-0.1, -0.05) is 18.5 Å². The number of amides is 1. The zero-order valence-corrected chi connectivity index (χ0v) is 24.1. The fourth-order valence-corrected chi connectivity index (χ4v) is 6.09. The molecule has 19 heteroatoms. The van der Waals surface area contributed by atoms with Crippen molar-refractivity contribution in [3.05, 3.63) is 34.5 Å².